The van der Waals surface area contributed by atoms with E-state index in [1.165, 1.54) is 18.2 Å². The summed E-state index contributed by atoms with van der Waals surface area (Å²) in [6, 6.07) is 7.05. The van der Waals surface area contributed by atoms with E-state index in [2.05, 4.69) is 10.2 Å². The first-order chi connectivity index (χ1) is 11.8. The van der Waals surface area contributed by atoms with E-state index >= 15 is 0 Å². The Kier molecular flexibility index (Phi) is 3.95. The molecule has 0 aliphatic carbocycles. The number of hydrogen-bond donors (Lipinski definition) is 2. The van der Waals surface area contributed by atoms with Gasteiger partial charge in [-0.3, -0.25) is 5.10 Å². The van der Waals surface area contributed by atoms with Crippen molar-refractivity contribution in [2.75, 3.05) is 0 Å². The fourth-order valence-corrected chi connectivity index (χ4v) is 3.03. The van der Waals surface area contributed by atoms with Crippen molar-refractivity contribution < 1.29 is 17.9 Å². The Morgan fingerprint density at radius 3 is 2.60 bits per heavy atom. The van der Waals surface area contributed by atoms with Gasteiger partial charge in [-0.25, -0.2) is 0 Å². The smallest absolute Gasteiger partial charge is 0.416 e. The number of alkyl halides is 3. The Labute approximate surface area is 141 Å². The molecule has 1 aliphatic heterocycles. The Bertz CT molecular complexity index is 890. The van der Waals surface area contributed by atoms with Crippen LogP contribution in [0.15, 0.2) is 35.7 Å². The number of ether oxygens (including phenoxy) is 1. The second-order valence-corrected chi connectivity index (χ2v) is 6.02. The molecule has 1 aromatic carbocycles. The van der Waals surface area contributed by atoms with Gasteiger partial charge in [0.2, 0.25) is 11.8 Å². The molecule has 0 bridgehead atoms. The van der Waals surface area contributed by atoms with Gasteiger partial charge >= 0.3 is 6.18 Å². The lowest BCUT2D eigenvalue weighted by molar-refractivity contribution is -0.138. The number of halogens is 3. The zero-order chi connectivity index (χ0) is 18.4. The molecule has 5 nitrogen and oxygen atoms in total. The number of aromatic nitrogens is 2. The van der Waals surface area contributed by atoms with Crippen molar-refractivity contribution >= 4 is 0 Å². The summed E-state index contributed by atoms with van der Waals surface area (Å²) in [6.45, 7) is 3.74. The molecule has 0 saturated heterocycles. The highest BCUT2D eigenvalue weighted by Gasteiger charge is 2.41. The van der Waals surface area contributed by atoms with Gasteiger partial charge in [-0.1, -0.05) is 32.0 Å². The van der Waals surface area contributed by atoms with Crippen LogP contribution in [0.25, 0.3) is 0 Å². The van der Waals surface area contributed by atoms with Crippen LogP contribution in [0.5, 0.6) is 5.88 Å². The predicted molar refractivity (Wildman–Crippen MR) is 83.4 cm³/mol. The van der Waals surface area contributed by atoms with E-state index in [-0.39, 0.29) is 28.8 Å². The first kappa shape index (κ1) is 16.9. The topological polar surface area (TPSA) is 87.7 Å². The van der Waals surface area contributed by atoms with Crippen LogP contribution in [0, 0.1) is 11.3 Å². The van der Waals surface area contributed by atoms with Crippen LogP contribution in [-0.2, 0) is 6.18 Å². The lowest BCUT2D eigenvalue weighted by atomic mass is 9.80. The van der Waals surface area contributed by atoms with Gasteiger partial charge in [-0.2, -0.15) is 18.4 Å². The molecule has 2 heterocycles. The largest absolute Gasteiger partial charge is 0.420 e. The number of nitrogens with one attached hydrogen (secondary N) is 1. The molecule has 0 saturated carbocycles. The van der Waals surface area contributed by atoms with Crippen LogP contribution in [-0.4, -0.2) is 10.2 Å². The van der Waals surface area contributed by atoms with Crippen molar-refractivity contribution in [3.05, 3.63) is 58.1 Å². The van der Waals surface area contributed by atoms with Crippen molar-refractivity contribution in [2.45, 2.75) is 31.9 Å². The van der Waals surface area contributed by atoms with Crippen LogP contribution in [0.4, 0.5) is 13.2 Å². The van der Waals surface area contributed by atoms with Gasteiger partial charge in [0.1, 0.15) is 11.6 Å². The van der Waals surface area contributed by atoms with Gasteiger partial charge in [0.25, 0.3) is 0 Å². The fraction of sp³-hybridized carbons (Fsp3) is 0.294. The molecule has 1 atom stereocenters. The summed E-state index contributed by atoms with van der Waals surface area (Å²) in [5.41, 5.74) is 5.87. The van der Waals surface area contributed by atoms with Gasteiger partial charge in [-0.05, 0) is 17.5 Å². The summed E-state index contributed by atoms with van der Waals surface area (Å²) in [6.07, 6.45) is -4.56. The molecule has 0 radical (unpaired) electrons. The number of nitrogens with two attached hydrogens (primary N) is 1. The quantitative estimate of drug-likeness (QED) is 0.865. The molecule has 3 N–H and O–H groups in total. The molecule has 3 rings (SSSR count). The lowest BCUT2D eigenvalue weighted by Crippen LogP contribution is -2.23. The van der Waals surface area contributed by atoms with Crippen LogP contribution in [0.2, 0.25) is 0 Å². The van der Waals surface area contributed by atoms with Crippen molar-refractivity contribution in [2.24, 2.45) is 5.73 Å². The molecule has 8 heteroatoms. The molecular weight excluding hydrogens is 333 g/mol. The van der Waals surface area contributed by atoms with Crippen LogP contribution in [0.3, 0.4) is 0 Å². The van der Waals surface area contributed by atoms with E-state index < -0.39 is 17.7 Å². The third kappa shape index (κ3) is 2.71. The minimum atomic E-state index is -4.56. The second-order valence-electron chi connectivity index (χ2n) is 6.02. The van der Waals surface area contributed by atoms with E-state index in [9.17, 15) is 18.4 Å². The Balaban J connectivity index is 2.32. The summed E-state index contributed by atoms with van der Waals surface area (Å²) in [5.74, 6) is -1.19. The van der Waals surface area contributed by atoms with Crippen molar-refractivity contribution in [1.82, 2.24) is 10.2 Å². The van der Waals surface area contributed by atoms with Crippen molar-refractivity contribution in [3.8, 4) is 11.9 Å². The second kappa shape index (κ2) is 5.84. The number of nitrogens with zero attached hydrogens (tertiary/aromatic N) is 2. The predicted octanol–water partition coefficient (Wildman–Crippen LogP) is 3.77. The van der Waals surface area contributed by atoms with E-state index in [0.29, 0.717) is 11.3 Å². The zero-order valence-electron chi connectivity index (χ0n) is 13.5. The van der Waals surface area contributed by atoms with Gasteiger partial charge in [0.05, 0.1) is 17.0 Å². The molecule has 1 unspecified atom stereocenters. The first-order valence-electron chi connectivity index (χ1n) is 7.57. The standard InChI is InChI=1S/C17H15F3N4O/c1-8(2)14-13-12(9-5-3-4-6-11(9)17(18,19)20)10(7-21)15(22)25-16(13)24-23-14/h3-6,8,12H,22H2,1-2H3,(H,23,24). The van der Waals surface area contributed by atoms with E-state index in [4.69, 9.17) is 10.5 Å². The van der Waals surface area contributed by atoms with Gasteiger partial charge in [0, 0.05) is 5.69 Å². The summed E-state index contributed by atoms with van der Waals surface area (Å²) in [5, 5.41) is 16.3. The van der Waals surface area contributed by atoms with Gasteiger partial charge < -0.3 is 10.5 Å². The van der Waals surface area contributed by atoms with E-state index in [1.807, 2.05) is 19.9 Å². The third-order valence-electron chi connectivity index (χ3n) is 4.12. The van der Waals surface area contributed by atoms with E-state index in [1.54, 1.807) is 0 Å². The lowest BCUT2D eigenvalue weighted by Gasteiger charge is -2.26. The van der Waals surface area contributed by atoms with Gasteiger partial charge in [0.15, 0.2) is 0 Å². The maximum atomic E-state index is 13.5. The van der Waals surface area contributed by atoms with Crippen LogP contribution >= 0.6 is 0 Å². The number of fused-ring (bicyclic) bond motifs is 1. The summed E-state index contributed by atoms with van der Waals surface area (Å²) >= 11 is 0. The highest BCUT2D eigenvalue weighted by atomic mass is 19.4. The minimum Gasteiger partial charge on any atom is -0.420 e. The summed E-state index contributed by atoms with van der Waals surface area (Å²) in [7, 11) is 0. The molecule has 0 amide bonds. The molecule has 1 aromatic heterocycles. The van der Waals surface area contributed by atoms with Crippen molar-refractivity contribution in [3.63, 3.8) is 0 Å². The monoisotopic (exact) mass is 348 g/mol. The minimum absolute atomic E-state index is 0.0534. The molecular formula is C17H15F3N4O. The average Bonchev–Trinajstić information content (AvgIpc) is 2.96. The Hall–Kier alpha value is -2.95. The molecule has 1 aliphatic rings. The molecule has 2 aromatic rings. The average molecular weight is 348 g/mol. The number of aromatic amines is 1. The van der Waals surface area contributed by atoms with Crippen LogP contribution < -0.4 is 10.5 Å². The summed E-state index contributed by atoms with van der Waals surface area (Å²) in [4.78, 5) is 0. The third-order valence-corrected chi connectivity index (χ3v) is 4.12. The number of nitriles is 1. The molecule has 130 valence electrons. The molecule has 0 spiro atoms. The fourth-order valence-electron chi connectivity index (χ4n) is 3.03. The van der Waals surface area contributed by atoms with E-state index in [0.717, 1.165) is 6.07 Å². The Morgan fingerprint density at radius 1 is 1.32 bits per heavy atom. The molecule has 25 heavy (non-hydrogen) atoms. The van der Waals surface area contributed by atoms with Crippen molar-refractivity contribution in [1.29, 1.82) is 5.26 Å². The highest BCUT2D eigenvalue weighted by Crippen LogP contribution is 2.47. The molecule has 0 fully saturated rings. The number of allylic oxidation sites excluding steroid dienone is 1. The maximum Gasteiger partial charge on any atom is 0.416 e. The normalized spacial score (nSPS) is 17.2. The number of H-pyrrole nitrogens is 1. The Morgan fingerprint density at radius 2 is 2.00 bits per heavy atom. The maximum absolute atomic E-state index is 13.5. The first-order valence-corrected chi connectivity index (χ1v) is 7.57. The number of rotatable bonds is 2. The number of hydrogen-bond acceptors (Lipinski definition) is 4. The highest BCUT2D eigenvalue weighted by molar-refractivity contribution is 5.57. The zero-order valence-corrected chi connectivity index (χ0v) is 13.5. The SMILES string of the molecule is CC(C)c1[nH]nc2c1C(c1ccccc1C(F)(F)F)C(C#N)=C(N)O2. The van der Waals surface area contributed by atoms with Gasteiger partial charge in [-0.15, -0.1) is 5.10 Å². The summed E-state index contributed by atoms with van der Waals surface area (Å²) < 4.78 is 45.9. The van der Waals surface area contributed by atoms with Crippen LogP contribution in [0.1, 0.15) is 48.1 Å². The number of benzene rings is 1.